The van der Waals surface area contributed by atoms with Crippen LogP contribution in [0, 0.1) is 6.92 Å². The fourth-order valence-corrected chi connectivity index (χ4v) is 5.22. The number of hydrogen-bond donors (Lipinski definition) is 1. The number of nitrogens with zero attached hydrogens (tertiary/aromatic N) is 1. The lowest BCUT2D eigenvalue weighted by molar-refractivity contribution is -0.114. The lowest BCUT2D eigenvalue weighted by Gasteiger charge is -2.29. The SMILES string of the molecule is CC(=O)Nc1ccc(S(=O)(=O)N2CCCCC[C@@H]2c2ccc(C)cc2)cc1. The molecule has 1 amide bonds. The van der Waals surface area contributed by atoms with Gasteiger partial charge in [-0.25, -0.2) is 8.42 Å². The molecule has 144 valence electrons. The smallest absolute Gasteiger partial charge is 0.243 e. The second-order valence-electron chi connectivity index (χ2n) is 7.10. The molecule has 1 heterocycles. The van der Waals surface area contributed by atoms with Crippen LogP contribution in [0.4, 0.5) is 5.69 Å². The number of hydrogen-bond acceptors (Lipinski definition) is 3. The summed E-state index contributed by atoms with van der Waals surface area (Å²) in [6, 6.07) is 14.4. The number of carbonyl (C=O) groups excluding carboxylic acids is 1. The molecule has 0 radical (unpaired) electrons. The molecule has 6 heteroatoms. The Bertz CT molecular complexity index is 890. The molecule has 2 aromatic carbocycles. The first kappa shape index (κ1) is 19.6. The van der Waals surface area contributed by atoms with Crippen molar-refractivity contribution in [2.75, 3.05) is 11.9 Å². The van der Waals surface area contributed by atoms with Gasteiger partial charge in [-0.1, -0.05) is 42.7 Å². The molecule has 3 rings (SSSR count). The average Bonchev–Trinajstić information content (AvgIpc) is 2.89. The predicted octanol–water partition coefficient (Wildman–Crippen LogP) is 4.26. The van der Waals surface area contributed by atoms with E-state index < -0.39 is 10.0 Å². The Balaban J connectivity index is 1.93. The van der Waals surface area contributed by atoms with Gasteiger partial charge in [0.05, 0.1) is 10.9 Å². The molecular weight excluding hydrogens is 360 g/mol. The second kappa shape index (κ2) is 8.23. The van der Waals surface area contributed by atoms with Crippen LogP contribution in [0.1, 0.15) is 49.8 Å². The van der Waals surface area contributed by atoms with Gasteiger partial charge in [0, 0.05) is 19.2 Å². The molecule has 0 unspecified atom stereocenters. The van der Waals surface area contributed by atoms with Gasteiger partial charge < -0.3 is 5.32 Å². The lowest BCUT2D eigenvalue weighted by Crippen LogP contribution is -2.34. The van der Waals surface area contributed by atoms with Crippen LogP contribution >= 0.6 is 0 Å². The van der Waals surface area contributed by atoms with Crippen LogP contribution in [-0.4, -0.2) is 25.2 Å². The predicted molar refractivity (Wildman–Crippen MR) is 107 cm³/mol. The number of benzene rings is 2. The van der Waals surface area contributed by atoms with Crippen LogP contribution in [0.5, 0.6) is 0 Å². The van der Waals surface area contributed by atoms with Gasteiger partial charge in [0.15, 0.2) is 0 Å². The zero-order chi connectivity index (χ0) is 19.4. The van der Waals surface area contributed by atoms with Gasteiger partial charge in [-0.05, 0) is 49.6 Å². The molecule has 1 N–H and O–H groups in total. The number of sulfonamides is 1. The Hall–Kier alpha value is -2.18. The van der Waals surface area contributed by atoms with E-state index in [4.69, 9.17) is 0 Å². The van der Waals surface area contributed by atoms with E-state index in [0.717, 1.165) is 36.8 Å². The Labute approximate surface area is 161 Å². The Morgan fingerprint density at radius 2 is 1.67 bits per heavy atom. The number of anilines is 1. The van der Waals surface area contributed by atoms with Crippen LogP contribution in [0.2, 0.25) is 0 Å². The van der Waals surface area contributed by atoms with E-state index in [1.54, 1.807) is 28.6 Å². The van der Waals surface area contributed by atoms with Gasteiger partial charge in [0.1, 0.15) is 0 Å². The maximum Gasteiger partial charge on any atom is 0.243 e. The fraction of sp³-hybridized carbons (Fsp3) is 0.381. The summed E-state index contributed by atoms with van der Waals surface area (Å²) < 4.78 is 28.4. The van der Waals surface area contributed by atoms with E-state index in [9.17, 15) is 13.2 Å². The zero-order valence-corrected chi connectivity index (χ0v) is 16.6. The van der Waals surface area contributed by atoms with Gasteiger partial charge in [-0.3, -0.25) is 4.79 Å². The minimum absolute atomic E-state index is 0.145. The maximum atomic E-state index is 13.4. The zero-order valence-electron chi connectivity index (χ0n) is 15.8. The van der Waals surface area contributed by atoms with E-state index >= 15 is 0 Å². The Morgan fingerprint density at radius 3 is 2.30 bits per heavy atom. The summed E-state index contributed by atoms with van der Waals surface area (Å²) in [5.41, 5.74) is 2.80. The molecule has 1 saturated heterocycles. The number of rotatable bonds is 4. The summed E-state index contributed by atoms with van der Waals surface area (Å²) >= 11 is 0. The summed E-state index contributed by atoms with van der Waals surface area (Å²) in [7, 11) is -3.62. The Morgan fingerprint density at radius 1 is 1.00 bits per heavy atom. The van der Waals surface area contributed by atoms with Crippen molar-refractivity contribution in [1.82, 2.24) is 4.31 Å². The summed E-state index contributed by atoms with van der Waals surface area (Å²) in [6.07, 6.45) is 3.75. The minimum Gasteiger partial charge on any atom is -0.326 e. The molecule has 1 aliphatic rings. The number of nitrogens with one attached hydrogen (secondary N) is 1. The van der Waals surface area contributed by atoms with Gasteiger partial charge in [-0.15, -0.1) is 0 Å². The van der Waals surface area contributed by atoms with Crippen molar-refractivity contribution in [3.63, 3.8) is 0 Å². The molecule has 0 saturated carbocycles. The minimum atomic E-state index is -3.62. The van der Waals surface area contributed by atoms with Crippen molar-refractivity contribution >= 4 is 21.6 Å². The molecule has 0 aliphatic carbocycles. The highest BCUT2D eigenvalue weighted by Crippen LogP contribution is 2.35. The molecule has 0 bridgehead atoms. The summed E-state index contributed by atoms with van der Waals surface area (Å²) in [5, 5.41) is 2.67. The molecule has 1 atom stereocenters. The highest BCUT2D eigenvalue weighted by molar-refractivity contribution is 7.89. The van der Waals surface area contributed by atoms with Crippen LogP contribution in [0.3, 0.4) is 0 Å². The molecule has 0 spiro atoms. The van der Waals surface area contributed by atoms with Gasteiger partial charge in [0.25, 0.3) is 0 Å². The van der Waals surface area contributed by atoms with Crippen molar-refractivity contribution < 1.29 is 13.2 Å². The van der Waals surface area contributed by atoms with Gasteiger partial charge >= 0.3 is 0 Å². The molecule has 2 aromatic rings. The number of carbonyl (C=O) groups is 1. The second-order valence-corrected chi connectivity index (χ2v) is 8.99. The standard InChI is InChI=1S/C21H26N2O3S/c1-16-7-9-18(10-8-16)21-6-4-3-5-15-23(21)27(25,26)20-13-11-19(12-14-20)22-17(2)24/h7-14,21H,3-6,15H2,1-2H3,(H,22,24)/t21-/m1/s1. The highest BCUT2D eigenvalue weighted by Gasteiger charge is 2.33. The number of amides is 1. The van der Waals surface area contributed by atoms with E-state index in [1.807, 2.05) is 31.2 Å². The van der Waals surface area contributed by atoms with Crippen molar-refractivity contribution in [3.8, 4) is 0 Å². The van der Waals surface area contributed by atoms with Crippen LogP contribution in [0.15, 0.2) is 53.4 Å². The van der Waals surface area contributed by atoms with E-state index in [2.05, 4.69) is 5.32 Å². The molecule has 27 heavy (non-hydrogen) atoms. The highest BCUT2D eigenvalue weighted by atomic mass is 32.2. The van der Waals surface area contributed by atoms with E-state index in [-0.39, 0.29) is 16.8 Å². The molecular formula is C21H26N2O3S. The first-order valence-corrected chi connectivity index (χ1v) is 10.8. The van der Waals surface area contributed by atoms with Crippen molar-refractivity contribution in [1.29, 1.82) is 0 Å². The largest absolute Gasteiger partial charge is 0.326 e. The molecule has 1 fully saturated rings. The third-order valence-electron chi connectivity index (χ3n) is 4.95. The molecule has 5 nitrogen and oxygen atoms in total. The van der Waals surface area contributed by atoms with Crippen LogP contribution in [-0.2, 0) is 14.8 Å². The quantitative estimate of drug-likeness (QED) is 0.854. The lowest BCUT2D eigenvalue weighted by atomic mass is 10.0. The summed E-state index contributed by atoms with van der Waals surface area (Å²) in [4.78, 5) is 11.4. The normalized spacial score (nSPS) is 18.7. The topological polar surface area (TPSA) is 66.5 Å². The van der Waals surface area contributed by atoms with Crippen molar-refractivity contribution in [3.05, 3.63) is 59.7 Å². The third-order valence-corrected chi connectivity index (χ3v) is 6.87. The van der Waals surface area contributed by atoms with Crippen molar-refractivity contribution in [2.45, 2.75) is 50.5 Å². The first-order valence-electron chi connectivity index (χ1n) is 9.34. The summed E-state index contributed by atoms with van der Waals surface area (Å²) in [6.45, 7) is 3.98. The number of aryl methyl sites for hydroxylation is 1. The van der Waals surface area contributed by atoms with Crippen LogP contribution in [0.25, 0.3) is 0 Å². The molecule has 0 aromatic heterocycles. The van der Waals surface area contributed by atoms with E-state index in [0.29, 0.717) is 12.2 Å². The first-order chi connectivity index (χ1) is 12.9. The van der Waals surface area contributed by atoms with Crippen molar-refractivity contribution in [2.24, 2.45) is 0 Å². The summed E-state index contributed by atoms with van der Waals surface area (Å²) in [5.74, 6) is -0.183. The van der Waals surface area contributed by atoms with Gasteiger partial charge in [0.2, 0.25) is 15.9 Å². The maximum absolute atomic E-state index is 13.4. The third kappa shape index (κ3) is 4.57. The monoisotopic (exact) mass is 386 g/mol. The fourth-order valence-electron chi connectivity index (χ4n) is 3.54. The van der Waals surface area contributed by atoms with Crippen LogP contribution < -0.4 is 5.32 Å². The van der Waals surface area contributed by atoms with E-state index in [1.165, 1.54) is 6.92 Å². The molecule has 1 aliphatic heterocycles. The Kier molecular flexibility index (Phi) is 5.97. The average molecular weight is 387 g/mol. The van der Waals surface area contributed by atoms with Gasteiger partial charge in [-0.2, -0.15) is 4.31 Å².